The van der Waals surface area contributed by atoms with Gasteiger partial charge in [-0.25, -0.2) is 4.39 Å². The Bertz CT molecular complexity index is 990. The number of hydrogen-bond donors (Lipinski definition) is 2. The number of aliphatic imine (C=N–C) groups is 1. The van der Waals surface area contributed by atoms with Crippen LogP contribution in [0.15, 0.2) is 65.8 Å². The third-order valence-electron chi connectivity index (χ3n) is 4.38. The number of nitrogens with one attached hydrogen (secondary N) is 2. The monoisotopic (exact) mass is 334 g/mol. The summed E-state index contributed by atoms with van der Waals surface area (Å²) < 4.78 is 13.3. The number of allylic oxidation sites excluding steroid dienone is 1. The number of nitrogens with zero attached hydrogens (tertiary/aromatic N) is 2. The van der Waals surface area contributed by atoms with Gasteiger partial charge in [-0.15, -0.1) is 0 Å². The van der Waals surface area contributed by atoms with E-state index in [1.807, 2.05) is 18.2 Å². The van der Waals surface area contributed by atoms with Gasteiger partial charge in [0.2, 0.25) is 5.91 Å². The predicted octanol–water partition coefficient (Wildman–Crippen LogP) is 3.22. The van der Waals surface area contributed by atoms with Crippen LogP contribution in [0.5, 0.6) is 0 Å². The number of anilines is 1. The summed E-state index contributed by atoms with van der Waals surface area (Å²) in [5.41, 5.74) is 1.30. The average Bonchev–Trinajstić information content (AvgIpc) is 3.10. The molecule has 2 heterocycles. The van der Waals surface area contributed by atoms with Crippen LogP contribution in [0.3, 0.4) is 0 Å². The number of hydrogen-bond acceptors (Lipinski definition) is 3. The van der Waals surface area contributed by atoms with Gasteiger partial charge in [0, 0.05) is 17.3 Å². The molecule has 0 saturated heterocycles. The minimum atomic E-state index is -0.964. The fourth-order valence-electron chi connectivity index (χ4n) is 2.99. The van der Waals surface area contributed by atoms with Crippen LogP contribution in [0.2, 0.25) is 0 Å². The summed E-state index contributed by atoms with van der Waals surface area (Å²) in [6.45, 7) is 0.273. The zero-order chi connectivity index (χ0) is 17.3. The fraction of sp³-hybridized carbons (Fsp3) is 0.105. The van der Waals surface area contributed by atoms with Gasteiger partial charge in [-0.1, -0.05) is 18.2 Å². The van der Waals surface area contributed by atoms with Crippen LogP contribution in [0.4, 0.5) is 10.1 Å². The lowest BCUT2D eigenvalue weighted by molar-refractivity contribution is -0.119. The topological polar surface area (TPSA) is 70.1 Å². The molecule has 0 saturated carbocycles. The maximum atomic E-state index is 13.3. The summed E-state index contributed by atoms with van der Waals surface area (Å²) in [5, 5.41) is 10.7. The molecule has 0 aliphatic carbocycles. The van der Waals surface area contributed by atoms with Crippen molar-refractivity contribution in [3.05, 3.63) is 72.2 Å². The number of aromatic nitrogens is 2. The first-order valence-electron chi connectivity index (χ1n) is 7.86. The second kappa shape index (κ2) is 5.98. The number of carbonyl (C=O) groups excluding carboxylic acids is 1. The van der Waals surface area contributed by atoms with Crippen LogP contribution in [-0.4, -0.2) is 28.9 Å². The molecule has 0 radical (unpaired) electrons. The standard InChI is InChI=1S/C19H15FN4O/c20-15-4-2-14(3-5-15)19(8-1-9-21-12-19)18(25)23-16-6-7-17-13(10-16)11-22-24-17/h1-11H,12H2,(H,22,24)(H,23,25). The Morgan fingerprint density at radius 3 is 2.80 bits per heavy atom. The molecular weight excluding hydrogens is 319 g/mol. The second-order valence-corrected chi connectivity index (χ2v) is 5.95. The van der Waals surface area contributed by atoms with Crippen LogP contribution in [0.25, 0.3) is 10.9 Å². The molecule has 1 aliphatic heterocycles. The lowest BCUT2D eigenvalue weighted by Gasteiger charge is -2.30. The number of dihydropyridines is 1. The Labute approximate surface area is 143 Å². The molecule has 2 aromatic carbocycles. The Balaban J connectivity index is 1.69. The first-order chi connectivity index (χ1) is 12.2. The van der Waals surface area contributed by atoms with Gasteiger partial charge in [-0.2, -0.15) is 5.10 Å². The van der Waals surface area contributed by atoms with Crippen molar-refractivity contribution in [2.24, 2.45) is 4.99 Å². The summed E-state index contributed by atoms with van der Waals surface area (Å²) >= 11 is 0. The highest BCUT2D eigenvalue weighted by Gasteiger charge is 2.38. The van der Waals surface area contributed by atoms with Gasteiger partial charge < -0.3 is 5.32 Å². The molecule has 2 N–H and O–H groups in total. The van der Waals surface area contributed by atoms with E-state index in [0.29, 0.717) is 11.3 Å². The third kappa shape index (κ3) is 2.71. The zero-order valence-corrected chi connectivity index (χ0v) is 13.2. The van der Waals surface area contributed by atoms with E-state index in [-0.39, 0.29) is 18.3 Å². The largest absolute Gasteiger partial charge is 0.325 e. The number of fused-ring (bicyclic) bond motifs is 1. The number of halogens is 1. The van der Waals surface area contributed by atoms with E-state index in [0.717, 1.165) is 10.9 Å². The van der Waals surface area contributed by atoms with Gasteiger partial charge in [0.05, 0.1) is 18.3 Å². The lowest BCUT2D eigenvalue weighted by atomic mass is 9.78. The molecule has 1 unspecified atom stereocenters. The second-order valence-electron chi connectivity index (χ2n) is 5.95. The molecule has 0 fully saturated rings. The van der Waals surface area contributed by atoms with E-state index in [1.165, 1.54) is 12.1 Å². The first-order valence-corrected chi connectivity index (χ1v) is 7.86. The Morgan fingerprint density at radius 2 is 2.04 bits per heavy atom. The summed E-state index contributed by atoms with van der Waals surface area (Å²) in [7, 11) is 0. The molecule has 0 bridgehead atoms. The predicted molar refractivity (Wildman–Crippen MR) is 95.3 cm³/mol. The molecule has 1 aromatic heterocycles. The zero-order valence-electron chi connectivity index (χ0n) is 13.2. The van der Waals surface area contributed by atoms with Crippen molar-refractivity contribution < 1.29 is 9.18 Å². The van der Waals surface area contributed by atoms with Gasteiger partial charge in [0.1, 0.15) is 11.2 Å². The lowest BCUT2D eigenvalue weighted by Crippen LogP contribution is -2.42. The van der Waals surface area contributed by atoms with E-state index in [9.17, 15) is 9.18 Å². The highest BCUT2D eigenvalue weighted by atomic mass is 19.1. The van der Waals surface area contributed by atoms with Gasteiger partial charge in [-0.3, -0.25) is 14.9 Å². The molecule has 124 valence electrons. The normalized spacial score (nSPS) is 19.2. The minimum absolute atomic E-state index is 0.213. The summed E-state index contributed by atoms with van der Waals surface area (Å²) in [6, 6.07) is 11.5. The minimum Gasteiger partial charge on any atom is -0.325 e. The Morgan fingerprint density at radius 1 is 1.20 bits per heavy atom. The SMILES string of the molecule is O=C(Nc1ccc2[nH]ncc2c1)C1(c2ccc(F)cc2)C=CC=NC1. The summed E-state index contributed by atoms with van der Waals surface area (Å²) in [6.07, 6.45) is 6.91. The van der Waals surface area contributed by atoms with Crippen molar-refractivity contribution in [2.75, 3.05) is 11.9 Å². The number of amides is 1. The van der Waals surface area contributed by atoms with Crippen molar-refractivity contribution >= 4 is 28.7 Å². The van der Waals surface area contributed by atoms with Crippen molar-refractivity contribution in [3.63, 3.8) is 0 Å². The molecule has 3 aromatic rings. The smallest absolute Gasteiger partial charge is 0.240 e. The van der Waals surface area contributed by atoms with E-state index in [4.69, 9.17) is 0 Å². The van der Waals surface area contributed by atoms with E-state index in [2.05, 4.69) is 20.5 Å². The van der Waals surface area contributed by atoms with Gasteiger partial charge >= 0.3 is 0 Å². The molecule has 6 heteroatoms. The van der Waals surface area contributed by atoms with Gasteiger partial charge in [0.25, 0.3) is 0 Å². The molecule has 1 aliphatic rings. The fourth-order valence-corrected chi connectivity index (χ4v) is 2.99. The average molecular weight is 334 g/mol. The van der Waals surface area contributed by atoms with E-state index in [1.54, 1.807) is 36.7 Å². The first kappa shape index (κ1) is 15.3. The van der Waals surface area contributed by atoms with Crippen LogP contribution in [0.1, 0.15) is 5.56 Å². The molecule has 4 rings (SSSR count). The highest BCUT2D eigenvalue weighted by molar-refractivity contribution is 6.03. The number of benzene rings is 2. The summed E-state index contributed by atoms with van der Waals surface area (Å²) in [4.78, 5) is 17.3. The van der Waals surface area contributed by atoms with Crippen LogP contribution >= 0.6 is 0 Å². The highest BCUT2D eigenvalue weighted by Crippen LogP contribution is 2.30. The quantitative estimate of drug-likeness (QED) is 0.772. The van der Waals surface area contributed by atoms with Crippen molar-refractivity contribution in [1.29, 1.82) is 0 Å². The number of aromatic amines is 1. The van der Waals surface area contributed by atoms with Crippen LogP contribution < -0.4 is 5.32 Å². The van der Waals surface area contributed by atoms with Crippen molar-refractivity contribution in [1.82, 2.24) is 10.2 Å². The molecule has 1 amide bonds. The molecule has 0 spiro atoms. The van der Waals surface area contributed by atoms with Crippen molar-refractivity contribution in [3.8, 4) is 0 Å². The third-order valence-corrected chi connectivity index (χ3v) is 4.38. The van der Waals surface area contributed by atoms with E-state index < -0.39 is 5.41 Å². The Hall–Kier alpha value is -3.28. The molecule has 5 nitrogen and oxygen atoms in total. The van der Waals surface area contributed by atoms with Crippen LogP contribution in [0, 0.1) is 5.82 Å². The van der Waals surface area contributed by atoms with Gasteiger partial charge in [-0.05, 0) is 42.0 Å². The molecule has 1 atom stereocenters. The number of H-pyrrole nitrogens is 1. The van der Waals surface area contributed by atoms with Gasteiger partial charge in [0.15, 0.2) is 0 Å². The van der Waals surface area contributed by atoms with E-state index >= 15 is 0 Å². The molecular formula is C19H15FN4O. The summed E-state index contributed by atoms with van der Waals surface area (Å²) in [5.74, 6) is -0.553. The number of rotatable bonds is 3. The Kier molecular flexibility index (Phi) is 3.65. The maximum Gasteiger partial charge on any atom is 0.240 e. The van der Waals surface area contributed by atoms with Crippen LogP contribution in [-0.2, 0) is 10.2 Å². The number of carbonyl (C=O) groups is 1. The molecule has 25 heavy (non-hydrogen) atoms. The van der Waals surface area contributed by atoms with Crippen molar-refractivity contribution in [2.45, 2.75) is 5.41 Å². The maximum absolute atomic E-state index is 13.3.